The standard InChI is InChI=1S/C15H34N2/c1-2-3-4-5-6-7-8-9-12-15(17)13-10-11-14-16/h15H,2-14,16-17H2,1H3. The van der Waals surface area contributed by atoms with Crippen molar-refractivity contribution >= 4 is 0 Å². The monoisotopic (exact) mass is 242 g/mol. The van der Waals surface area contributed by atoms with Gasteiger partial charge in [-0.2, -0.15) is 0 Å². The highest BCUT2D eigenvalue weighted by Gasteiger charge is 2.01. The van der Waals surface area contributed by atoms with Crippen molar-refractivity contribution in [1.82, 2.24) is 0 Å². The fourth-order valence-corrected chi connectivity index (χ4v) is 2.24. The van der Waals surface area contributed by atoms with Gasteiger partial charge in [0.15, 0.2) is 0 Å². The lowest BCUT2D eigenvalue weighted by molar-refractivity contribution is 0.492. The maximum absolute atomic E-state index is 6.05. The van der Waals surface area contributed by atoms with Crippen LogP contribution in [0.15, 0.2) is 0 Å². The molecular weight excluding hydrogens is 208 g/mol. The first kappa shape index (κ1) is 16.9. The summed E-state index contributed by atoms with van der Waals surface area (Å²) in [7, 11) is 0. The van der Waals surface area contributed by atoms with Gasteiger partial charge in [0.1, 0.15) is 0 Å². The average molecular weight is 242 g/mol. The zero-order valence-electron chi connectivity index (χ0n) is 11.9. The minimum atomic E-state index is 0.418. The SMILES string of the molecule is CCCCCCCCCCC(N)CCCCN. The van der Waals surface area contributed by atoms with Gasteiger partial charge < -0.3 is 11.5 Å². The average Bonchev–Trinajstić information content (AvgIpc) is 2.33. The second-order valence-electron chi connectivity index (χ2n) is 5.31. The smallest absolute Gasteiger partial charge is 0.00388 e. The van der Waals surface area contributed by atoms with E-state index in [9.17, 15) is 0 Å². The van der Waals surface area contributed by atoms with E-state index in [0.29, 0.717) is 6.04 Å². The molecule has 0 rings (SSSR count). The lowest BCUT2D eigenvalue weighted by Gasteiger charge is -2.10. The first-order chi connectivity index (χ1) is 8.31. The minimum Gasteiger partial charge on any atom is -0.330 e. The molecule has 2 nitrogen and oxygen atoms in total. The Balaban J connectivity index is 3.05. The van der Waals surface area contributed by atoms with Gasteiger partial charge in [-0.15, -0.1) is 0 Å². The molecule has 0 bridgehead atoms. The van der Waals surface area contributed by atoms with Gasteiger partial charge in [-0.05, 0) is 25.8 Å². The van der Waals surface area contributed by atoms with Crippen LogP contribution in [-0.4, -0.2) is 12.6 Å². The molecule has 0 spiro atoms. The molecule has 0 aromatic rings. The minimum absolute atomic E-state index is 0.418. The summed E-state index contributed by atoms with van der Waals surface area (Å²) in [5, 5.41) is 0. The van der Waals surface area contributed by atoms with E-state index in [4.69, 9.17) is 11.5 Å². The van der Waals surface area contributed by atoms with Crippen LogP contribution < -0.4 is 11.5 Å². The van der Waals surface area contributed by atoms with Crippen molar-refractivity contribution in [2.75, 3.05) is 6.54 Å². The molecular formula is C15H34N2. The molecule has 0 fully saturated rings. The third-order valence-electron chi connectivity index (χ3n) is 3.46. The van der Waals surface area contributed by atoms with Crippen molar-refractivity contribution in [3.63, 3.8) is 0 Å². The van der Waals surface area contributed by atoms with Crippen molar-refractivity contribution in [2.24, 2.45) is 11.5 Å². The molecule has 17 heavy (non-hydrogen) atoms. The summed E-state index contributed by atoms with van der Waals surface area (Å²) in [6, 6.07) is 0.418. The Morgan fingerprint density at radius 3 is 1.71 bits per heavy atom. The highest BCUT2D eigenvalue weighted by atomic mass is 14.6. The van der Waals surface area contributed by atoms with Crippen LogP contribution in [0.5, 0.6) is 0 Å². The summed E-state index contributed by atoms with van der Waals surface area (Å²) in [6.45, 7) is 3.08. The van der Waals surface area contributed by atoms with Crippen LogP contribution >= 0.6 is 0 Å². The van der Waals surface area contributed by atoms with Gasteiger partial charge in [0.05, 0.1) is 0 Å². The maximum Gasteiger partial charge on any atom is 0.00388 e. The van der Waals surface area contributed by atoms with Crippen molar-refractivity contribution in [3.05, 3.63) is 0 Å². The normalized spacial score (nSPS) is 12.9. The first-order valence-electron chi connectivity index (χ1n) is 7.77. The highest BCUT2D eigenvalue weighted by molar-refractivity contribution is 4.61. The number of nitrogens with two attached hydrogens (primary N) is 2. The molecule has 104 valence electrons. The Bertz CT molecular complexity index is 137. The molecule has 0 heterocycles. The molecule has 4 N–H and O–H groups in total. The number of hydrogen-bond donors (Lipinski definition) is 2. The fraction of sp³-hybridized carbons (Fsp3) is 1.00. The first-order valence-corrected chi connectivity index (χ1v) is 7.77. The Labute approximate surface area is 109 Å². The van der Waals surface area contributed by atoms with E-state index in [2.05, 4.69) is 6.92 Å². The summed E-state index contributed by atoms with van der Waals surface area (Å²) in [5.41, 5.74) is 11.5. The summed E-state index contributed by atoms with van der Waals surface area (Å²) >= 11 is 0. The lowest BCUT2D eigenvalue weighted by atomic mass is 10.0. The lowest BCUT2D eigenvalue weighted by Crippen LogP contribution is -2.19. The predicted octanol–water partition coefficient (Wildman–Crippen LogP) is 3.97. The van der Waals surface area contributed by atoms with Crippen molar-refractivity contribution in [2.45, 2.75) is 90.0 Å². The van der Waals surface area contributed by atoms with Gasteiger partial charge >= 0.3 is 0 Å². The zero-order valence-corrected chi connectivity index (χ0v) is 11.9. The van der Waals surface area contributed by atoms with Gasteiger partial charge in [-0.3, -0.25) is 0 Å². The van der Waals surface area contributed by atoms with Crippen LogP contribution in [0.1, 0.15) is 84.0 Å². The van der Waals surface area contributed by atoms with Crippen molar-refractivity contribution in [1.29, 1.82) is 0 Å². The van der Waals surface area contributed by atoms with E-state index in [1.165, 1.54) is 64.2 Å². The van der Waals surface area contributed by atoms with E-state index < -0.39 is 0 Å². The third-order valence-corrected chi connectivity index (χ3v) is 3.46. The molecule has 1 unspecified atom stereocenters. The van der Waals surface area contributed by atoms with E-state index >= 15 is 0 Å². The summed E-state index contributed by atoms with van der Waals surface area (Å²) < 4.78 is 0. The second kappa shape index (κ2) is 14.0. The van der Waals surface area contributed by atoms with Crippen LogP contribution in [-0.2, 0) is 0 Å². The summed E-state index contributed by atoms with van der Waals surface area (Å²) in [5.74, 6) is 0. The fourth-order valence-electron chi connectivity index (χ4n) is 2.24. The predicted molar refractivity (Wildman–Crippen MR) is 78.1 cm³/mol. The van der Waals surface area contributed by atoms with Crippen molar-refractivity contribution < 1.29 is 0 Å². The van der Waals surface area contributed by atoms with Crippen LogP contribution in [0.2, 0.25) is 0 Å². The van der Waals surface area contributed by atoms with E-state index in [1.54, 1.807) is 0 Å². The molecule has 0 aliphatic heterocycles. The molecule has 2 heteroatoms. The molecule has 0 saturated heterocycles. The third kappa shape index (κ3) is 13.9. The second-order valence-corrected chi connectivity index (χ2v) is 5.31. The van der Waals surface area contributed by atoms with E-state index in [-0.39, 0.29) is 0 Å². The zero-order chi connectivity index (χ0) is 12.8. The number of unbranched alkanes of at least 4 members (excludes halogenated alkanes) is 8. The van der Waals surface area contributed by atoms with Crippen molar-refractivity contribution in [3.8, 4) is 0 Å². The number of hydrogen-bond acceptors (Lipinski definition) is 2. The van der Waals surface area contributed by atoms with Gasteiger partial charge in [-0.25, -0.2) is 0 Å². The molecule has 0 aromatic carbocycles. The summed E-state index contributed by atoms with van der Waals surface area (Å²) in [6.07, 6.45) is 15.8. The van der Waals surface area contributed by atoms with Gasteiger partial charge in [0.2, 0.25) is 0 Å². The Hall–Kier alpha value is -0.0800. The van der Waals surface area contributed by atoms with Crippen LogP contribution in [0.25, 0.3) is 0 Å². The van der Waals surface area contributed by atoms with Gasteiger partial charge in [0.25, 0.3) is 0 Å². The molecule has 0 aliphatic rings. The topological polar surface area (TPSA) is 52.0 Å². The Kier molecular flexibility index (Phi) is 13.9. The van der Waals surface area contributed by atoms with Gasteiger partial charge in [0, 0.05) is 6.04 Å². The van der Waals surface area contributed by atoms with Crippen LogP contribution in [0.4, 0.5) is 0 Å². The molecule has 0 aromatic heterocycles. The summed E-state index contributed by atoms with van der Waals surface area (Å²) in [4.78, 5) is 0. The maximum atomic E-state index is 6.05. The quantitative estimate of drug-likeness (QED) is 0.480. The molecule has 0 aliphatic carbocycles. The Morgan fingerprint density at radius 1 is 0.706 bits per heavy atom. The number of rotatable bonds is 13. The molecule has 0 radical (unpaired) electrons. The van der Waals surface area contributed by atoms with Crippen LogP contribution in [0, 0.1) is 0 Å². The van der Waals surface area contributed by atoms with Crippen LogP contribution in [0.3, 0.4) is 0 Å². The highest BCUT2D eigenvalue weighted by Crippen LogP contribution is 2.11. The largest absolute Gasteiger partial charge is 0.330 e. The molecule has 0 saturated carbocycles. The van der Waals surface area contributed by atoms with E-state index in [0.717, 1.165) is 19.4 Å². The van der Waals surface area contributed by atoms with Gasteiger partial charge in [-0.1, -0.05) is 64.7 Å². The molecule has 1 atom stereocenters. The van der Waals surface area contributed by atoms with E-state index in [1.807, 2.05) is 0 Å². The molecule has 0 amide bonds. The Morgan fingerprint density at radius 2 is 1.18 bits per heavy atom.